The number of ether oxygens (including phenoxy) is 1. The van der Waals surface area contributed by atoms with Gasteiger partial charge < -0.3 is 19.3 Å². The fraction of sp³-hybridized carbons (Fsp3) is 0.462. The molecule has 0 radical (unpaired) electrons. The molecule has 0 bridgehead atoms. The van der Waals surface area contributed by atoms with Crippen LogP contribution in [-0.4, -0.2) is 34.6 Å². The summed E-state index contributed by atoms with van der Waals surface area (Å²) in [6, 6.07) is 2.92. The summed E-state index contributed by atoms with van der Waals surface area (Å²) in [7, 11) is 0. The average molecular weight is 311 g/mol. The molecule has 0 aliphatic heterocycles. The molecule has 0 spiro atoms. The molecule has 2 rings (SSSR count). The van der Waals surface area contributed by atoms with Crippen molar-refractivity contribution in [2.24, 2.45) is 5.73 Å². The molecule has 114 valence electrons. The molecule has 7 nitrogen and oxygen atoms in total. The van der Waals surface area contributed by atoms with E-state index in [2.05, 4.69) is 10.2 Å². The number of hydrogen-bond donors (Lipinski definition) is 1. The van der Waals surface area contributed by atoms with Gasteiger partial charge in [-0.25, -0.2) is 0 Å². The Hall–Kier alpha value is -1.80. The first-order chi connectivity index (χ1) is 10.2. The van der Waals surface area contributed by atoms with Crippen LogP contribution in [0, 0.1) is 0 Å². The molecule has 0 fully saturated rings. The Bertz CT molecular complexity index is 556. The molecule has 1 unspecified atom stereocenters. The van der Waals surface area contributed by atoms with Gasteiger partial charge in [-0.15, -0.1) is 10.2 Å². The van der Waals surface area contributed by atoms with Gasteiger partial charge in [0.25, 0.3) is 5.89 Å². The van der Waals surface area contributed by atoms with Gasteiger partial charge in [0.15, 0.2) is 5.76 Å². The van der Waals surface area contributed by atoms with Crippen LogP contribution in [0.5, 0.6) is 0 Å². The zero-order chi connectivity index (χ0) is 15.1. The van der Waals surface area contributed by atoms with Crippen molar-refractivity contribution in [1.82, 2.24) is 10.2 Å². The molecule has 2 aromatic heterocycles. The van der Waals surface area contributed by atoms with E-state index in [0.29, 0.717) is 42.1 Å². The van der Waals surface area contributed by atoms with Crippen LogP contribution in [0.2, 0.25) is 0 Å². The third kappa shape index (κ3) is 4.61. The predicted molar refractivity (Wildman–Crippen MR) is 77.4 cm³/mol. The van der Waals surface area contributed by atoms with Gasteiger partial charge >= 0.3 is 5.97 Å². The lowest BCUT2D eigenvalue weighted by Crippen LogP contribution is -2.32. The van der Waals surface area contributed by atoms with Gasteiger partial charge in [-0.1, -0.05) is 0 Å². The Kier molecular flexibility index (Phi) is 5.82. The number of furan rings is 1. The summed E-state index contributed by atoms with van der Waals surface area (Å²) in [5, 5.41) is 7.84. The van der Waals surface area contributed by atoms with Crippen LogP contribution in [0.4, 0.5) is 0 Å². The highest BCUT2D eigenvalue weighted by atomic mass is 32.2. The second-order valence-corrected chi connectivity index (χ2v) is 5.28. The van der Waals surface area contributed by atoms with Gasteiger partial charge in [0.1, 0.15) is 6.04 Å². The molecular weight excluding hydrogens is 294 g/mol. The summed E-state index contributed by atoms with van der Waals surface area (Å²) in [6.07, 6.45) is 2.09. The van der Waals surface area contributed by atoms with E-state index in [9.17, 15) is 4.79 Å². The lowest BCUT2D eigenvalue weighted by molar-refractivity contribution is -0.144. The van der Waals surface area contributed by atoms with Gasteiger partial charge in [-0.05, 0) is 31.2 Å². The number of thioether (sulfide) groups is 1. The minimum Gasteiger partial charge on any atom is -0.465 e. The SMILES string of the molecule is CCOC(=O)C(N)CCSCc1nnc(-c2ccco2)o1. The first-order valence-electron chi connectivity index (χ1n) is 6.57. The number of nitrogens with two attached hydrogens (primary N) is 1. The fourth-order valence-electron chi connectivity index (χ4n) is 1.55. The number of carbonyl (C=O) groups is 1. The smallest absolute Gasteiger partial charge is 0.322 e. The Morgan fingerprint density at radius 3 is 3.10 bits per heavy atom. The first-order valence-corrected chi connectivity index (χ1v) is 7.72. The number of rotatable bonds is 8. The first kappa shape index (κ1) is 15.6. The van der Waals surface area contributed by atoms with Crippen LogP contribution >= 0.6 is 11.8 Å². The van der Waals surface area contributed by atoms with Gasteiger partial charge in [-0.2, -0.15) is 11.8 Å². The monoisotopic (exact) mass is 311 g/mol. The van der Waals surface area contributed by atoms with Gasteiger partial charge in [0.05, 0.1) is 18.6 Å². The highest BCUT2D eigenvalue weighted by Crippen LogP contribution is 2.20. The topological polar surface area (TPSA) is 104 Å². The lowest BCUT2D eigenvalue weighted by Gasteiger charge is -2.09. The van der Waals surface area contributed by atoms with Crippen LogP contribution in [0.25, 0.3) is 11.7 Å². The fourth-order valence-corrected chi connectivity index (χ4v) is 2.40. The number of esters is 1. The van der Waals surface area contributed by atoms with E-state index in [1.807, 2.05) is 0 Å². The van der Waals surface area contributed by atoms with E-state index in [0.717, 1.165) is 0 Å². The van der Waals surface area contributed by atoms with E-state index < -0.39 is 6.04 Å². The van der Waals surface area contributed by atoms with Gasteiger partial charge in [0, 0.05) is 0 Å². The minimum atomic E-state index is -0.584. The molecule has 8 heteroatoms. The molecule has 0 aliphatic rings. The van der Waals surface area contributed by atoms with Crippen molar-refractivity contribution < 1.29 is 18.4 Å². The Morgan fingerprint density at radius 1 is 1.52 bits per heavy atom. The third-order valence-electron chi connectivity index (χ3n) is 2.59. The lowest BCUT2D eigenvalue weighted by atomic mass is 10.2. The third-order valence-corrected chi connectivity index (χ3v) is 3.56. The normalized spacial score (nSPS) is 12.3. The summed E-state index contributed by atoms with van der Waals surface area (Å²) in [6.45, 7) is 2.10. The van der Waals surface area contributed by atoms with E-state index in [4.69, 9.17) is 19.3 Å². The Morgan fingerprint density at radius 2 is 2.38 bits per heavy atom. The van der Waals surface area contributed by atoms with Crippen LogP contribution < -0.4 is 5.73 Å². The van der Waals surface area contributed by atoms with E-state index in [-0.39, 0.29) is 5.97 Å². The predicted octanol–water partition coefficient (Wildman–Crippen LogP) is 1.84. The van der Waals surface area contributed by atoms with Crippen LogP contribution in [0.3, 0.4) is 0 Å². The van der Waals surface area contributed by atoms with Crippen molar-refractivity contribution in [3.8, 4) is 11.7 Å². The zero-order valence-electron chi connectivity index (χ0n) is 11.7. The van der Waals surface area contributed by atoms with Crippen molar-refractivity contribution in [3.63, 3.8) is 0 Å². The second kappa shape index (κ2) is 7.84. The number of hydrogen-bond acceptors (Lipinski definition) is 8. The molecule has 0 amide bonds. The second-order valence-electron chi connectivity index (χ2n) is 4.18. The number of carbonyl (C=O) groups excluding carboxylic acids is 1. The maximum absolute atomic E-state index is 11.3. The van der Waals surface area contributed by atoms with Crippen molar-refractivity contribution in [2.75, 3.05) is 12.4 Å². The van der Waals surface area contributed by atoms with Crippen LogP contribution in [-0.2, 0) is 15.3 Å². The molecular formula is C13H17N3O4S. The maximum atomic E-state index is 11.3. The Labute approximate surface area is 126 Å². The molecule has 0 aliphatic carbocycles. The van der Waals surface area contributed by atoms with Gasteiger partial charge in [-0.3, -0.25) is 4.79 Å². The average Bonchev–Trinajstić information content (AvgIpc) is 3.14. The molecule has 21 heavy (non-hydrogen) atoms. The largest absolute Gasteiger partial charge is 0.465 e. The number of nitrogens with zero attached hydrogens (tertiary/aromatic N) is 2. The highest BCUT2D eigenvalue weighted by Gasteiger charge is 2.15. The molecule has 0 saturated heterocycles. The van der Waals surface area contributed by atoms with Crippen LogP contribution in [0.15, 0.2) is 27.2 Å². The summed E-state index contributed by atoms with van der Waals surface area (Å²) in [5.74, 6) is 2.32. The summed E-state index contributed by atoms with van der Waals surface area (Å²) < 4.78 is 15.5. The summed E-state index contributed by atoms with van der Waals surface area (Å²) in [4.78, 5) is 11.3. The molecule has 0 aromatic carbocycles. The Balaban J connectivity index is 1.71. The van der Waals surface area contributed by atoms with Crippen molar-refractivity contribution >= 4 is 17.7 Å². The summed E-state index contributed by atoms with van der Waals surface area (Å²) in [5.41, 5.74) is 5.70. The molecule has 2 aromatic rings. The molecule has 1 atom stereocenters. The standard InChI is InChI=1S/C13H17N3O4S/c1-2-18-13(17)9(14)5-7-21-8-11-15-16-12(20-11)10-4-3-6-19-10/h3-4,6,9H,2,5,7-8,14H2,1H3. The molecule has 2 heterocycles. The minimum absolute atomic E-state index is 0.344. The van der Waals surface area contributed by atoms with Crippen molar-refractivity contribution in [2.45, 2.75) is 25.1 Å². The zero-order valence-corrected chi connectivity index (χ0v) is 12.5. The molecule has 2 N–H and O–H groups in total. The van der Waals surface area contributed by atoms with Gasteiger partial charge in [0.2, 0.25) is 5.89 Å². The summed E-state index contributed by atoms with van der Waals surface area (Å²) >= 11 is 1.57. The number of aromatic nitrogens is 2. The van der Waals surface area contributed by atoms with E-state index in [1.54, 1.807) is 37.1 Å². The molecule has 0 saturated carbocycles. The van der Waals surface area contributed by atoms with Crippen LogP contribution in [0.1, 0.15) is 19.2 Å². The maximum Gasteiger partial charge on any atom is 0.322 e. The van der Waals surface area contributed by atoms with E-state index >= 15 is 0 Å². The van der Waals surface area contributed by atoms with Crippen molar-refractivity contribution in [3.05, 3.63) is 24.3 Å². The quantitative estimate of drug-likeness (QED) is 0.581. The van der Waals surface area contributed by atoms with Crippen molar-refractivity contribution in [1.29, 1.82) is 0 Å². The van der Waals surface area contributed by atoms with E-state index in [1.165, 1.54) is 0 Å². The highest BCUT2D eigenvalue weighted by molar-refractivity contribution is 7.98.